The average molecular weight is 336 g/mol. The van der Waals surface area contributed by atoms with Gasteiger partial charge in [0.05, 0.1) is 6.21 Å². The Morgan fingerprint density at radius 2 is 1.80 bits per heavy atom. The van der Waals surface area contributed by atoms with Crippen LogP contribution in [0.4, 0.5) is 4.39 Å². The van der Waals surface area contributed by atoms with Crippen LogP contribution < -0.4 is 5.43 Å². The van der Waals surface area contributed by atoms with E-state index in [-0.39, 0.29) is 11.7 Å². The SMILES string of the molecule is O=C(CCc1ccccc1)N/N=C/c1ccc(-c2ccc(F)cc2)o1. The van der Waals surface area contributed by atoms with Crippen molar-refractivity contribution in [1.29, 1.82) is 0 Å². The molecule has 3 rings (SSSR count). The van der Waals surface area contributed by atoms with Crippen LogP contribution in [0.3, 0.4) is 0 Å². The lowest BCUT2D eigenvalue weighted by molar-refractivity contribution is -0.121. The highest BCUT2D eigenvalue weighted by atomic mass is 19.1. The summed E-state index contributed by atoms with van der Waals surface area (Å²) in [6, 6.07) is 19.3. The zero-order valence-corrected chi connectivity index (χ0v) is 13.5. The first-order valence-electron chi connectivity index (χ1n) is 7.92. The van der Waals surface area contributed by atoms with E-state index in [4.69, 9.17) is 4.42 Å². The fourth-order valence-electron chi connectivity index (χ4n) is 2.32. The van der Waals surface area contributed by atoms with Crippen LogP contribution >= 0.6 is 0 Å². The molecule has 25 heavy (non-hydrogen) atoms. The van der Waals surface area contributed by atoms with Crippen LogP contribution in [0.5, 0.6) is 0 Å². The summed E-state index contributed by atoms with van der Waals surface area (Å²) in [6.45, 7) is 0. The monoisotopic (exact) mass is 336 g/mol. The van der Waals surface area contributed by atoms with Gasteiger partial charge in [-0.3, -0.25) is 4.79 Å². The van der Waals surface area contributed by atoms with Gasteiger partial charge in [-0.25, -0.2) is 9.82 Å². The number of nitrogens with zero attached hydrogens (tertiary/aromatic N) is 1. The lowest BCUT2D eigenvalue weighted by atomic mass is 10.1. The Kier molecular flexibility index (Phi) is 5.36. The molecule has 1 aromatic heterocycles. The number of aryl methyl sites for hydroxylation is 1. The molecule has 0 atom stereocenters. The molecule has 2 aromatic carbocycles. The van der Waals surface area contributed by atoms with Crippen molar-refractivity contribution in [2.45, 2.75) is 12.8 Å². The number of carbonyl (C=O) groups excluding carboxylic acids is 1. The van der Waals surface area contributed by atoms with Crippen molar-refractivity contribution in [1.82, 2.24) is 5.43 Å². The smallest absolute Gasteiger partial charge is 0.240 e. The molecule has 5 heteroatoms. The van der Waals surface area contributed by atoms with Gasteiger partial charge in [0.2, 0.25) is 5.91 Å². The lowest BCUT2D eigenvalue weighted by Crippen LogP contribution is -2.17. The maximum Gasteiger partial charge on any atom is 0.240 e. The maximum atomic E-state index is 12.9. The van der Waals surface area contributed by atoms with E-state index in [1.54, 1.807) is 24.3 Å². The number of nitrogens with one attached hydrogen (secondary N) is 1. The van der Waals surface area contributed by atoms with Crippen LogP contribution in [0.25, 0.3) is 11.3 Å². The largest absolute Gasteiger partial charge is 0.455 e. The minimum Gasteiger partial charge on any atom is -0.455 e. The summed E-state index contributed by atoms with van der Waals surface area (Å²) in [4.78, 5) is 11.8. The highest BCUT2D eigenvalue weighted by Gasteiger charge is 2.04. The van der Waals surface area contributed by atoms with E-state index in [0.717, 1.165) is 11.1 Å². The summed E-state index contributed by atoms with van der Waals surface area (Å²) in [7, 11) is 0. The molecule has 0 aliphatic heterocycles. The molecule has 0 aliphatic carbocycles. The molecule has 1 amide bonds. The summed E-state index contributed by atoms with van der Waals surface area (Å²) in [5.74, 6) is 0.653. The second-order valence-electron chi connectivity index (χ2n) is 5.49. The van der Waals surface area contributed by atoms with Crippen molar-refractivity contribution >= 4 is 12.1 Å². The van der Waals surface area contributed by atoms with Crippen LogP contribution in [0.15, 0.2) is 76.2 Å². The Labute approximate surface area is 145 Å². The zero-order chi connectivity index (χ0) is 17.5. The van der Waals surface area contributed by atoms with Crippen LogP contribution in [0.1, 0.15) is 17.7 Å². The van der Waals surface area contributed by atoms with Gasteiger partial charge < -0.3 is 4.42 Å². The number of hydrogen-bond acceptors (Lipinski definition) is 3. The molecule has 0 fully saturated rings. The second kappa shape index (κ2) is 8.06. The maximum absolute atomic E-state index is 12.9. The first-order valence-corrected chi connectivity index (χ1v) is 7.92. The number of amides is 1. The van der Waals surface area contributed by atoms with Crippen molar-refractivity contribution < 1.29 is 13.6 Å². The van der Waals surface area contributed by atoms with Crippen molar-refractivity contribution in [3.8, 4) is 11.3 Å². The van der Waals surface area contributed by atoms with Gasteiger partial charge in [-0.15, -0.1) is 0 Å². The van der Waals surface area contributed by atoms with Gasteiger partial charge in [0.25, 0.3) is 0 Å². The molecule has 126 valence electrons. The Morgan fingerprint density at radius 3 is 2.56 bits per heavy atom. The third kappa shape index (κ3) is 4.88. The van der Waals surface area contributed by atoms with Crippen molar-refractivity contribution in [2.24, 2.45) is 5.10 Å². The van der Waals surface area contributed by atoms with E-state index < -0.39 is 0 Å². The standard InChI is InChI=1S/C20H17FN2O2/c21-17-9-7-16(8-10-17)19-12-11-18(25-19)14-22-23-20(24)13-6-15-4-2-1-3-5-15/h1-5,7-12,14H,6,13H2,(H,23,24)/b22-14+. The molecule has 0 bridgehead atoms. The number of hydrazone groups is 1. The number of carbonyl (C=O) groups is 1. The van der Waals surface area contributed by atoms with E-state index in [9.17, 15) is 9.18 Å². The molecule has 0 unspecified atom stereocenters. The summed E-state index contributed by atoms with van der Waals surface area (Å²) in [6.07, 6.45) is 2.46. The van der Waals surface area contributed by atoms with Gasteiger partial charge in [-0.2, -0.15) is 5.10 Å². The van der Waals surface area contributed by atoms with Gasteiger partial charge in [0.1, 0.15) is 17.3 Å². The van der Waals surface area contributed by atoms with Crippen LogP contribution in [0, 0.1) is 5.82 Å². The Balaban J connectivity index is 1.50. The lowest BCUT2D eigenvalue weighted by Gasteiger charge is -2.00. The van der Waals surface area contributed by atoms with Crippen molar-refractivity contribution in [2.75, 3.05) is 0 Å². The number of halogens is 1. The fraction of sp³-hybridized carbons (Fsp3) is 0.100. The van der Waals surface area contributed by atoms with Crippen LogP contribution in [-0.2, 0) is 11.2 Å². The van der Waals surface area contributed by atoms with Gasteiger partial charge >= 0.3 is 0 Å². The van der Waals surface area contributed by atoms with Gasteiger partial charge in [-0.1, -0.05) is 30.3 Å². The third-order valence-electron chi connectivity index (χ3n) is 3.62. The summed E-state index contributed by atoms with van der Waals surface area (Å²) in [5, 5.41) is 3.90. The summed E-state index contributed by atoms with van der Waals surface area (Å²) in [5.41, 5.74) is 4.36. The van der Waals surface area contributed by atoms with Gasteiger partial charge in [0.15, 0.2) is 0 Å². The Hall–Kier alpha value is -3.21. The van der Waals surface area contributed by atoms with Crippen molar-refractivity contribution in [3.63, 3.8) is 0 Å². The molecule has 1 N–H and O–H groups in total. The summed E-state index contributed by atoms with van der Waals surface area (Å²) >= 11 is 0. The molecule has 0 saturated carbocycles. The molecule has 0 aliphatic rings. The zero-order valence-electron chi connectivity index (χ0n) is 13.5. The molecular weight excluding hydrogens is 319 g/mol. The van der Waals surface area contributed by atoms with Crippen LogP contribution in [0.2, 0.25) is 0 Å². The molecule has 0 radical (unpaired) electrons. The fourth-order valence-corrected chi connectivity index (χ4v) is 2.32. The van der Waals surface area contributed by atoms with E-state index in [1.165, 1.54) is 18.3 Å². The number of furan rings is 1. The minimum atomic E-state index is -0.296. The molecule has 1 heterocycles. The minimum absolute atomic E-state index is 0.162. The van der Waals surface area contributed by atoms with E-state index >= 15 is 0 Å². The molecule has 3 aromatic rings. The highest BCUT2D eigenvalue weighted by molar-refractivity contribution is 5.81. The van der Waals surface area contributed by atoms with E-state index in [1.807, 2.05) is 30.3 Å². The third-order valence-corrected chi connectivity index (χ3v) is 3.62. The molecular formula is C20H17FN2O2. The van der Waals surface area contributed by atoms with Gasteiger partial charge in [-0.05, 0) is 48.4 Å². The quantitative estimate of drug-likeness (QED) is 0.542. The first-order chi connectivity index (χ1) is 12.2. The topological polar surface area (TPSA) is 54.6 Å². The highest BCUT2D eigenvalue weighted by Crippen LogP contribution is 2.21. The molecule has 4 nitrogen and oxygen atoms in total. The Bertz CT molecular complexity index is 855. The Morgan fingerprint density at radius 1 is 1.04 bits per heavy atom. The second-order valence-corrected chi connectivity index (χ2v) is 5.49. The predicted molar refractivity (Wildman–Crippen MR) is 94.6 cm³/mol. The summed E-state index contributed by atoms with van der Waals surface area (Å²) < 4.78 is 18.5. The number of hydrogen-bond donors (Lipinski definition) is 1. The van der Waals surface area contributed by atoms with Crippen molar-refractivity contribution in [3.05, 3.63) is 83.9 Å². The number of rotatable bonds is 6. The number of benzene rings is 2. The predicted octanol–water partition coefficient (Wildman–Crippen LogP) is 4.17. The van der Waals surface area contributed by atoms with E-state index in [0.29, 0.717) is 24.4 Å². The van der Waals surface area contributed by atoms with Gasteiger partial charge in [0, 0.05) is 12.0 Å². The molecule has 0 saturated heterocycles. The normalized spacial score (nSPS) is 10.9. The molecule has 0 spiro atoms. The van der Waals surface area contributed by atoms with E-state index in [2.05, 4.69) is 10.5 Å². The first kappa shape index (κ1) is 16.6. The van der Waals surface area contributed by atoms with Crippen LogP contribution in [-0.4, -0.2) is 12.1 Å². The average Bonchev–Trinajstić information content (AvgIpc) is 3.10.